The van der Waals surface area contributed by atoms with Crippen molar-refractivity contribution in [2.45, 2.75) is 13.0 Å². The van der Waals surface area contributed by atoms with Gasteiger partial charge in [-0.15, -0.1) is 0 Å². The fourth-order valence-corrected chi connectivity index (χ4v) is 2.45. The lowest BCUT2D eigenvalue weighted by atomic mass is 10.2. The molecule has 0 bridgehead atoms. The quantitative estimate of drug-likeness (QED) is 0.846. The fraction of sp³-hybridized carbons (Fsp3) is 0.222. The van der Waals surface area contributed by atoms with Gasteiger partial charge in [0.05, 0.1) is 5.56 Å². The van der Waals surface area contributed by atoms with Crippen LogP contribution in [0.3, 0.4) is 0 Å². The SMILES string of the molecule is CC(OC(=O)c1ccc2c(c1)OCCO2)C(=O)Nc1cccc(Cl)c1. The number of fused-ring (bicyclic) bond motifs is 1. The molecule has 0 saturated carbocycles. The molecule has 1 amide bonds. The number of nitrogens with one attached hydrogen (secondary N) is 1. The monoisotopic (exact) mass is 361 g/mol. The van der Waals surface area contributed by atoms with E-state index in [2.05, 4.69) is 5.32 Å². The number of hydrogen-bond donors (Lipinski definition) is 1. The van der Waals surface area contributed by atoms with Gasteiger partial charge in [0.1, 0.15) is 13.2 Å². The molecule has 0 saturated heterocycles. The summed E-state index contributed by atoms with van der Waals surface area (Å²) >= 11 is 5.87. The Hall–Kier alpha value is -2.73. The van der Waals surface area contributed by atoms with Crippen LogP contribution in [0.1, 0.15) is 17.3 Å². The number of hydrogen-bond acceptors (Lipinski definition) is 5. The number of ether oxygens (including phenoxy) is 3. The lowest BCUT2D eigenvalue weighted by molar-refractivity contribution is -0.123. The van der Waals surface area contributed by atoms with Crippen LogP contribution in [0.25, 0.3) is 0 Å². The molecular formula is C18H16ClNO5. The average Bonchev–Trinajstić information content (AvgIpc) is 2.61. The Morgan fingerprint density at radius 3 is 2.64 bits per heavy atom. The number of carbonyl (C=O) groups excluding carboxylic acids is 2. The van der Waals surface area contributed by atoms with Crippen molar-refractivity contribution in [2.75, 3.05) is 18.5 Å². The predicted molar refractivity (Wildman–Crippen MR) is 92.4 cm³/mol. The van der Waals surface area contributed by atoms with Gasteiger partial charge in [0, 0.05) is 10.7 Å². The number of amides is 1. The summed E-state index contributed by atoms with van der Waals surface area (Å²) in [6.07, 6.45) is -0.973. The topological polar surface area (TPSA) is 73.9 Å². The highest BCUT2D eigenvalue weighted by Crippen LogP contribution is 2.31. The molecule has 25 heavy (non-hydrogen) atoms. The smallest absolute Gasteiger partial charge is 0.339 e. The van der Waals surface area contributed by atoms with Gasteiger partial charge in [0.15, 0.2) is 17.6 Å². The maximum atomic E-state index is 12.2. The van der Waals surface area contributed by atoms with E-state index < -0.39 is 18.0 Å². The lowest BCUT2D eigenvalue weighted by Crippen LogP contribution is -2.30. The van der Waals surface area contributed by atoms with Crippen LogP contribution < -0.4 is 14.8 Å². The van der Waals surface area contributed by atoms with Crippen LogP contribution in [0, 0.1) is 0 Å². The van der Waals surface area contributed by atoms with E-state index in [-0.39, 0.29) is 5.56 Å². The minimum absolute atomic E-state index is 0.284. The average molecular weight is 362 g/mol. The van der Waals surface area contributed by atoms with Crippen molar-refractivity contribution in [1.29, 1.82) is 0 Å². The second-order valence-corrected chi connectivity index (χ2v) is 5.84. The van der Waals surface area contributed by atoms with Crippen molar-refractivity contribution in [3.63, 3.8) is 0 Å². The number of esters is 1. The van der Waals surface area contributed by atoms with Crippen molar-refractivity contribution in [1.82, 2.24) is 0 Å². The minimum atomic E-state index is -0.973. The molecular weight excluding hydrogens is 346 g/mol. The van der Waals surface area contributed by atoms with Gasteiger partial charge in [0.2, 0.25) is 0 Å². The Bertz CT molecular complexity index is 808. The predicted octanol–water partition coefficient (Wildman–Crippen LogP) is 3.30. The first kappa shape index (κ1) is 17.1. The molecule has 1 heterocycles. The first-order valence-electron chi connectivity index (χ1n) is 7.70. The van der Waals surface area contributed by atoms with Gasteiger partial charge in [-0.05, 0) is 43.3 Å². The van der Waals surface area contributed by atoms with Crippen molar-refractivity contribution in [2.24, 2.45) is 0 Å². The van der Waals surface area contributed by atoms with Crippen molar-refractivity contribution in [3.05, 3.63) is 53.1 Å². The zero-order valence-corrected chi connectivity index (χ0v) is 14.2. The third kappa shape index (κ3) is 4.22. The van der Waals surface area contributed by atoms with E-state index >= 15 is 0 Å². The first-order valence-corrected chi connectivity index (χ1v) is 8.08. The Morgan fingerprint density at radius 2 is 1.88 bits per heavy atom. The molecule has 2 aromatic rings. The van der Waals surface area contributed by atoms with E-state index in [1.54, 1.807) is 42.5 Å². The molecule has 1 atom stereocenters. The normalized spacial score (nSPS) is 13.7. The first-order chi connectivity index (χ1) is 12.0. The van der Waals surface area contributed by atoms with E-state index in [9.17, 15) is 9.59 Å². The molecule has 6 nitrogen and oxygen atoms in total. The molecule has 0 spiro atoms. The molecule has 130 valence electrons. The summed E-state index contributed by atoms with van der Waals surface area (Å²) in [7, 11) is 0. The molecule has 1 aliphatic rings. The van der Waals surface area contributed by atoms with Crippen LogP contribution in [0.5, 0.6) is 11.5 Å². The van der Waals surface area contributed by atoms with E-state index in [1.807, 2.05) is 0 Å². The summed E-state index contributed by atoms with van der Waals surface area (Å²) in [5.41, 5.74) is 0.811. The summed E-state index contributed by atoms with van der Waals surface area (Å²) in [4.78, 5) is 24.4. The van der Waals surface area contributed by atoms with E-state index in [0.29, 0.717) is 35.4 Å². The third-order valence-corrected chi connectivity index (χ3v) is 3.76. The highest BCUT2D eigenvalue weighted by molar-refractivity contribution is 6.30. The van der Waals surface area contributed by atoms with Gasteiger partial charge in [-0.1, -0.05) is 17.7 Å². The Balaban J connectivity index is 1.62. The molecule has 1 aliphatic heterocycles. The zero-order valence-electron chi connectivity index (χ0n) is 13.5. The fourth-order valence-electron chi connectivity index (χ4n) is 2.26. The van der Waals surface area contributed by atoms with Crippen LogP contribution in [-0.2, 0) is 9.53 Å². The van der Waals surface area contributed by atoms with Crippen LogP contribution in [0.4, 0.5) is 5.69 Å². The summed E-state index contributed by atoms with van der Waals surface area (Å²) in [5.74, 6) is -0.00911. The zero-order chi connectivity index (χ0) is 17.8. The van der Waals surface area contributed by atoms with Crippen molar-refractivity contribution < 1.29 is 23.8 Å². The van der Waals surface area contributed by atoms with Crippen LogP contribution in [-0.4, -0.2) is 31.2 Å². The molecule has 0 fully saturated rings. The maximum Gasteiger partial charge on any atom is 0.339 e. The highest BCUT2D eigenvalue weighted by atomic mass is 35.5. The molecule has 2 aromatic carbocycles. The Kier molecular flexibility index (Phi) is 5.09. The number of rotatable bonds is 4. The van der Waals surface area contributed by atoms with Crippen LogP contribution in [0.2, 0.25) is 5.02 Å². The number of halogens is 1. The van der Waals surface area contributed by atoms with Gasteiger partial charge in [-0.25, -0.2) is 4.79 Å². The largest absolute Gasteiger partial charge is 0.486 e. The highest BCUT2D eigenvalue weighted by Gasteiger charge is 2.21. The lowest BCUT2D eigenvalue weighted by Gasteiger charge is -2.19. The van der Waals surface area contributed by atoms with Crippen molar-refractivity contribution in [3.8, 4) is 11.5 Å². The molecule has 1 unspecified atom stereocenters. The van der Waals surface area contributed by atoms with Gasteiger partial charge >= 0.3 is 5.97 Å². The van der Waals surface area contributed by atoms with Gasteiger partial charge in [-0.2, -0.15) is 0 Å². The second-order valence-electron chi connectivity index (χ2n) is 5.41. The Morgan fingerprint density at radius 1 is 1.12 bits per heavy atom. The molecule has 7 heteroatoms. The van der Waals surface area contributed by atoms with Gasteiger partial charge in [0.25, 0.3) is 5.91 Å². The summed E-state index contributed by atoms with van der Waals surface area (Å²) in [6, 6.07) is 11.5. The summed E-state index contributed by atoms with van der Waals surface area (Å²) < 4.78 is 16.0. The van der Waals surface area contributed by atoms with Crippen molar-refractivity contribution >= 4 is 29.2 Å². The third-order valence-electron chi connectivity index (χ3n) is 3.52. The number of carbonyl (C=O) groups is 2. The Labute approximate surface area is 149 Å². The van der Waals surface area contributed by atoms with Crippen LogP contribution in [0.15, 0.2) is 42.5 Å². The summed E-state index contributed by atoms with van der Waals surface area (Å²) in [5, 5.41) is 3.14. The second kappa shape index (κ2) is 7.44. The molecule has 0 radical (unpaired) electrons. The molecule has 0 aromatic heterocycles. The van der Waals surface area contributed by atoms with E-state index in [4.69, 9.17) is 25.8 Å². The molecule has 0 aliphatic carbocycles. The van der Waals surface area contributed by atoms with Gasteiger partial charge in [-0.3, -0.25) is 4.79 Å². The van der Waals surface area contributed by atoms with Crippen LogP contribution >= 0.6 is 11.6 Å². The summed E-state index contributed by atoms with van der Waals surface area (Å²) in [6.45, 7) is 2.39. The van der Waals surface area contributed by atoms with Gasteiger partial charge < -0.3 is 19.5 Å². The van der Waals surface area contributed by atoms with E-state index in [1.165, 1.54) is 6.92 Å². The number of anilines is 1. The van der Waals surface area contributed by atoms with E-state index in [0.717, 1.165) is 0 Å². The minimum Gasteiger partial charge on any atom is -0.486 e. The standard InChI is InChI=1S/C18H16ClNO5/c1-11(17(21)20-14-4-2-3-13(19)10-14)25-18(22)12-5-6-15-16(9-12)24-8-7-23-15/h2-6,9-11H,7-8H2,1H3,(H,20,21). The number of benzene rings is 2. The maximum absolute atomic E-state index is 12.2. The molecule has 1 N–H and O–H groups in total. The molecule has 3 rings (SSSR count).